The van der Waals surface area contributed by atoms with Crippen LogP contribution in [0.5, 0.6) is 0 Å². The summed E-state index contributed by atoms with van der Waals surface area (Å²) in [5, 5.41) is 10.6. The summed E-state index contributed by atoms with van der Waals surface area (Å²) in [5.74, 6) is -1.32. The second-order valence-corrected chi connectivity index (χ2v) is 31.1. The van der Waals surface area contributed by atoms with E-state index in [9.17, 15) is 43.2 Å². The van der Waals surface area contributed by atoms with Gasteiger partial charge in [-0.15, -0.1) is 0 Å². The van der Waals surface area contributed by atoms with Crippen LogP contribution >= 0.6 is 15.6 Å². The Kier molecular flexibility index (Phi) is 68.7. The summed E-state index contributed by atoms with van der Waals surface area (Å²) in [6.07, 6.45) is 59.7. The molecular formula is C77H150O17P2. The normalized spacial score (nSPS) is 13.9. The third kappa shape index (κ3) is 70.5. The third-order valence-corrected chi connectivity index (χ3v) is 19.9. The van der Waals surface area contributed by atoms with Crippen LogP contribution in [-0.4, -0.2) is 96.7 Å². The van der Waals surface area contributed by atoms with Gasteiger partial charge in [-0.25, -0.2) is 9.13 Å². The monoisotopic (exact) mass is 1410 g/mol. The molecule has 0 heterocycles. The fourth-order valence-corrected chi connectivity index (χ4v) is 13.5. The first-order chi connectivity index (χ1) is 46.5. The van der Waals surface area contributed by atoms with Crippen molar-refractivity contribution in [2.24, 2.45) is 5.92 Å². The van der Waals surface area contributed by atoms with E-state index >= 15 is 0 Å². The zero-order valence-corrected chi connectivity index (χ0v) is 64.3. The zero-order chi connectivity index (χ0) is 70.5. The molecule has 0 aromatic rings. The Morgan fingerprint density at radius 1 is 0.281 bits per heavy atom. The molecule has 5 atom stereocenters. The van der Waals surface area contributed by atoms with Crippen LogP contribution in [0.15, 0.2) is 0 Å². The lowest BCUT2D eigenvalue weighted by Crippen LogP contribution is -2.30. The molecule has 0 aromatic carbocycles. The minimum absolute atomic E-state index is 0.108. The molecule has 17 nitrogen and oxygen atoms in total. The van der Waals surface area contributed by atoms with Crippen molar-refractivity contribution in [3.63, 3.8) is 0 Å². The van der Waals surface area contributed by atoms with E-state index in [-0.39, 0.29) is 25.7 Å². The van der Waals surface area contributed by atoms with Gasteiger partial charge < -0.3 is 33.8 Å². The predicted molar refractivity (Wildman–Crippen MR) is 391 cm³/mol. The van der Waals surface area contributed by atoms with E-state index in [1.807, 2.05) is 0 Å². The van der Waals surface area contributed by atoms with Crippen LogP contribution in [0, 0.1) is 5.92 Å². The molecule has 0 aliphatic rings. The zero-order valence-electron chi connectivity index (χ0n) is 62.5. The number of unbranched alkanes of at least 4 members (excludes halogenated alkanes) is 49. The second-order valence-electron chi connectivity index (χ2n) is 28.2. The maximum Gasteiger partial charge on any atom is 0.472 e. The van der Waals surface area contributed by atoms with Crippen molar-refractivity contribution in [2.45, 2.75) is 425 Å². The first-order valence-corrected chi connectivity index (χ1v) is 43.1. The SMILES string of the molecule is CCCCCCCCCCCCCCCCCCCC(=O)O[C@H](COC(=O)CCCCCCCCCCCCCCCC(C)C)COP(=O)(O)OC[C@@H](O)COP(=O)(O)OC[C@@H](COC(=O)CCCCCCCCC)OC(=O)CCCCCCCCCCCCCCCCCC. The summed E-state index contributed by atoms with van der Waals surface area (Å²) in [7, 11) is -9.91. The minimum atomic E-state index is -4.96. The van der Waals surface area contributed by atoms with Gasteiger partial charge in [-0.3, -0.25) is 37.3 Å². The average molecular weight is 1410 g/mol. The summed E-state index contributed by atoms with van der Waals surface area (Å²) < 4.78 is 68.5. The molecule has 3 N–H and O–H groups in total. The number of hydrogen-bond donors (Lipinski definition) is 3. The third-order valence-electron chi connectivity index (χ3n) is 18.0. The van der Waals surface area contributed by atoms with Crippen molar-refractivity contribution in [2.75, 3.05) is 39.6 Å². The quantitative estimate of drug-likeness (QED) is 0.0222. The largest absolute Gasteiger partial charge is 0.472 e. The van der Waals surface area contributed by atoms with Gasteiger partial charge >= 0.3 is 39.5 Å². The van der Waals surface area contributed by atoms with Crippen molar-refractivity contribution in [3.8, 4) is 0 Å². The van der Waals surface area contributed by atoms with Crippen molar-refractivity contribution in [1.29, 1.82) is 0 Å². The van der Waals surface area contributed by atoms with Crippen LogP contribution in [0.2, 0.25) is 0 Å². The number of phosphoric ester groups is 2. The van der Waals surface area contributed by atoms with Gasteiger partial charge in [-0.2, -0.15) is 0 Å². The van der Waals surface area contributed by atoms with Crippen LogP contribution in [0.1, 0.15) is 407 Å². The van der Waals surface area contributed by atoms with Gasteiger partial charge in [0.1, 0.15) is 19.3 Å². The number of aliphatic hydroxyl groups excluding tert-OH is 1. The van der Waals surface area contributed by atoms with Gasteiger partial charge in [0, 0.05) is 25.7 Å². The molecule has 19 heteroatoms. The molecule has 0 saturated carbocycles. The van der Waals surface area contributed by atoms with E-state index in [0.29, 0.717) is 25.7 Å². The standard InChI is InChI=1S/C77H150O17P2/c1-6-9-12-15-18-20-22-24-26-28-30-34-39-43-48-53-58-63-77(82)94-73(67-88-75(80)61-56-51-46-41-37-35-31-32-36-40-45-49-54-59-70(4)5)69-92-96(85,86)90-65-71(78)64-89-95(83,84)91-68-72(66-87-74(79)60-55-50-44-17-14-11-8-3)93-76(81)62-57-52-47-42-38-33-29-27-25-23-21-19-16-13-10-7-2/h70-73,78H,6-69H2,1-5H3,(H,83,84)(H,85,86)/t71-,72+,73+/m0/s1. The fraction of sp³-hybridized carbons (Fsp3) is 0.948. The van der Waals surface area contributed by atoms with Crippen molar-refractivity contribution in [1.82, 2.24) is 0 Å². The Morgan fingerprint density at radius 3 is 0.708 bits per heavy atom. The molecule has 0 saturated heterocycles. The lowest BCUT2D eigenvalue weighted by molar-refractivity contribution is -0.161. The number of hydrogen-bond acceptors (Lipinski definition) is 15. The van der Waals surface area contributed by atoms with Crippen LogP contribution in [0.3, 0.4) is 0 Å². The summed E-state index contributed by atoms with van der Waals surface area (Å²) in [4.78, 5) is 72.7. The van der Waals surface area contributed by atoms with E-state index in [2.05, 4.69) is 34.6 Å². The van der Waals surface area contributed by atoms with Crippen molar-refractivity contribution < 1.29 is 80.2 Å². The number of carbonyl (C=O) groups is 4. The first-order valence-electron chi connectivity index (χ1n) is 40.1. The first kappa shape index (κ1) is 94.1. The molecule has 0 aliphatic carbocycles. The summed E-state index contributed by atoms with van der Waals surface area (Å²) in [5.41, 5.74) is 0. The van der Waals surface area contributed by atoms with Crippen LogP contribution < -0.4 is 0 Å². The van der Waals surface area contributed by atoms with E-state index in [0.717, 1.165) is 109 Å². The molecule has 570 valence electrons. The highest BCUT2D eigenvalue weighted by Gasteiger charge is 2.30. The Hall–Kier alpha value is -1.94. The average Bonchev–Trinajstić information content (AvgIpc) is 1.25. The molecular weight excluding hydrogens is 1260 g/mol. The van der Waals surface area contributed by atoms with E-state index in [1.54, 1.807) is 0 Å². The predicted octanol–water partition coefficient (Wildman–Crippen LogP) is 22.9. The lowest BCUT2D eigenvalue weighted by Gasteiger charge is -2.21. The second kappa shape index (κ2) is 70.1. The number of phosphoric acid groups is 2. The van der Waals surface area contributed by atoms with Crippen molar-refractivity contribution in [3.05, 3.63) is 0 Å². The smallest absolute Gasteiger partial charge is 0.462 e. The number of carbonyl (C=O) groups excluding carboxylic acids is 4. The molecule has 0 spiro atoms. The van der Waals surface area contributed by atoms with Gasteiger partial charge in [-0.05, 0) is 31.6 Å². The maximum absolute atomic E-state index is 13.1. The topological polar surface area (TPSA) is 237 Å². The molecule has 2 unspecified atom stereocenters. The van der Waals surface area contributed by atoms with Gasteiger partial charge in [0.05, 0.1) is 26.4 Å². The van der Waals surface area contributed by atoms with E-state index in [1.165, 1.54) is 218 Å². The Balaban J connectivity index is 5.19. The fourth-order valence-electron chi connectivity index (χ4n) is 11.9. The highest BCUT2D eigenvalue weighted by atomic mass is 31.2. The lowest BCUT2D eigenvalue weighted by atomic mass is 10.0. The highest BCUT2D eigenvalue weighted by Crippen LogP contribution is 2.45. The molecule has 0 aliphatic heterocycles. The molecule has 0 amide bonds. The Bertz CT molecular complexity index is 1840. The molecule has 0 radical (unpaired) electrons. The molecule has 96 heavy (non-hydrogen) atoms. The Morgan fingerprint density at radius 2 is 0.479 bits per heavy atom. The Labute approximate surface area is 588 Å². The molecule has 0 aromatic heterocycles. The summed E-state index contributed by atoms with van der Waals surface area (Å²) in [6, 6.07) is 0. The number of rotatable bonds is 77. The van der Waals surface area contributed by atoms with Gasteiger partial charge in [0.25, 0.3) is 0 Å². The maximum atomic E-state index is 13.1. The number of ether oxygens (including phenoxy) is 4. The van der Waals surface area contributed by atoms with Gasteiger partial charge in [-0.1, -0.05) is 356 Å². The van der Waals surface area contributed by atoms with Crippen LogP contribution in [0.4, 0.5) is 0 Å². The highest BCUT2D eigenvalue weighted by molar-refractivity contribution is 7.47. The van der Waals surface area contributed by atoms with Gasteiger partial charge in [0.2, 0.25) is 0 Å². The molecule has 0 rings (SSSR count). The van der Waals surface area contributed by atoms with Crippen LogP contribution in [0.25, 0.3) is 0 Å². The van der Waals surface area contributed by atoms with Crippen LogP contribution in [-0.2, 0) is 65.4 Å². The van der Waals surface area contributed by atoms with Gasteiger partial charge in [0.15, 0.2) is 12.2 Å². The molecule has 0 bridgehead atoms. The van der Waals surface area contributed by atoms with E-state index in [4.69, 9.17) is 37.0 Å². The molecule has 0 fully saturated rings. The van der Waals surface area contributed by atoms with Crippen molar-refractivity contribution >= 4 is 39.5 Å². The summed E-state index contributed by atoms with van der Waals surface area (Å²) in [6.45, 7) is 7.29. The minimum Gasteiger partial charge on any atom is -0.462 e. The number of aliphatic hydroxyl groups is 1. The number of esters is 4. The van der Waals surface area contributed by atoms with E-state index < -0.39 is 97.5 Å². The summed E-state index contributed by atoms with van der Waals surface area (Å²) >= 11 is 0.